The van der Waals surface area contributed by atoms with Crippen molar-refractivity contribution >= 4 is 17.4 Å². The molecule has 0 aromatic carbocycles. The Balaban J connectivity index is 1.80. The lowest BCUT2D eigenvalue weighted by atomic mass is 9.98. The highest BCUT2D eigenvalue weighted by atomic mass is 19.1. The average molecular weight is 400 g/mol. The number of aromatic nitrogens is 4. The number of carboxylic acids is 1. The summed E-state index contributed by atoms with van der Waals surface area (Å²) >= 11 is 0. The molecule has 4 rings (SSSR count). The Morgan fingerprint density at radius 1 is 1.52 bits per heavy atom. The van der Waals surface area contributed by atoms with Gasteiger partial charge in [0.25, 0.3) is 0 Å². The van der Waals surface area contributed by atoms with Crippen molar-refractivity contribution in [3.05, 3.63) is 53.4 Å². The first kappa shape index (κ1) is 16.8. The van der Waals surface area contributed by atoms with Crippen molar-refractivity contribution in [1.82, 2.24) is 19.6 Å². The van der Waals surface area contributed by atoms with Gasteiger partial charge in [0.1, 0.15) is 17.2 Å². The summed E-state index contributed by atoms with van der Waals surface area (Å²) in [6.45, 7) is 0.124. The normalized spacial score (nSPS) is 20.5. The molecule has 0 bridgehead atoms. The molecule has 1 fully saturated rings. The maximum atomic E-state index is 14.1. The summed E-state index contributed by atoms with van der Waals surface area (Å²) in [6.07, 6.45) is 5.74. The van der Waals surface area contributed by atoms with Crippen LogP contribution in [0.2, 0.25) is 0 Å². The molecule has 152 valence electrons. The minimum Gasteiger partial charge on any atom is -0.477 e. The molecular formula is C20H23FN6O2. The lowest BCUT2D eigenvalue weighted by Crippen LogP contribution is -2.25. The second kappa shape index (κ2) is 7.75. The van der Waals surface area contributed by atoms with Crippen molar-refractivity contribution < 1.29 is 17.0 Å². The van der Waals surface area contributed by atoms with E-state index in [-0.39, 0.29) is 29.5 Å². The van der Waals surface area contributed by atoms with Crippen molar-refractivity contribution in [2.45, 2.75) is 44.7 Å². The SMILES string of the molecule is [2H]C1([2H])CCC(c2cc(F)cnc2CC[C@@H](C)N)N1c1ccn2ncc(C(=O)O)c2n1. The Morgan fingerprint density at radius 2 is 2.34 bits per heavy atom. The van der Waals surface area contributed by atoms with Gasteiger partial charge in [-0.2, -0.15) is 5.10 Å². The second-order valence-electron chi connectivity index (χ2n) is 7.21. The number of hydrogen-bond donors (Lipinski definition) is 2. The van der Waals surface area contributed by atoms with Gasteiger partial charge in [-0.1, -0.05) is 0 Å². The van der Waals surface area contributed by atoms with Gasteiger partial charge in [0.05, 0.1) is 18.4 Å². The molecule has 1 saturated heterocycles. The van der Waals surface area contributed by atoms with Crippen LogP contribution in [0.5, 0.6) is 0 Å². The fraction of sp³-hybridized carbons (Fsp3) is 0.400. The van der Waals surface area contributed by atoms with Crippen molar-refractivity contribution in [2.75, 3.05) is 11.4 Å². The number of aryl methyl sites for hydroxylation is 1. The highest BCUT2D eigenvalue weighted by Gasteiger charge is 2.30. The monoisotopic (exact) mass is 400 g/mol. The number of fused-ring (bicyclic) bond motifs is 1. The lowest BCUT2D eigenvalue weighted by molar-refractivity contribution is 0.0698. The van der Waals surface area contributed by atoms with E-state index in [4.69, 9.17) is 8.48 Å². The number of carbonyl (C=O) groups is 1. The first-order chi connectivity index (χ1) is 14.7. The Hall–Kier alpha value is -3.07. The van der Waals surface area contributed by atoms with E-state index in [9.17, 15) is 14.3 Å². The van der Waals surface area contributed by atoms with E-state index < -0.39 is 24.3 Å². The zero-order valence-corrected chi connectivity index (χ0v) is 15.9. The predicted molar refractivity (Wildman–Crippen MR) is 105 cm³/mol. The molecule has 1 aliphatic rings. The number of anilines is 1. The molecule has 3 aromatic rings. The summed E-state index contributed by atoms with van der Waals surface area (Å²) in [7, 11) is 0. The number of nitrogens with zero attached hydrogens (tertiary/aromatic N) is 5. The number of rotatable bonds is 6. The minimum absolute atomic E-state index is 0.0498. The molecular weight excluding hydrogens is 375 g/mol. The van der Waals surface area contributed by atoms with Crippen LogP contribution in [0.4, 0.5) is 10.2 Å². The Kier molecular flexibility index (Phi) is 4.50. The smallest absolute Gasteiger partial charge is 0.341 e. The molecule has 2 atom stereocenters. The van der Waals surface area contributed by atoms with E-state index in [2.05, 4.69) is 15.1 Å². The van der Waals surface area contributed by atoms with Crippen LogP contribution >= 0.6 is 0 Å². The van der Waals surface area contributed by atoms with Crippen LogP contribution in [0.3, 0.4) is 0 Å². The highest BCUT2D eigenvalue weighted by Crippen LogP contribution is 2.37. The van der Waals surface area contributed by atoms with Crippen LogP contribution in [-0.4, -0.2) is 43.2 Å². The maximum Gasteiger partial charge on any atom is 0.341 e. The molecule has 1 aliphatic heterocycles. The number of halogens is 1. The van der Waals surface area contributed by atoms with E-state index in [1.165, 1.54) is 27.9 Å². The van der Waals surface area contributed by atoms with Gasteiger partial charge in [-0.3, -0.25) is 4.98 Å². The molecule has 8 nitrogen and oxygen atoms in total. The quantitative estimate of drug-likeness (QED) is 0.654. The van der Waals surface area contributed by atoms with Crippen LogP contribution in [0, 0.1) is 5.82 Å². The Bertz CT molecular complexity index is 1140. The fourth-order valence-electron chi connectivity index (χ4n) is 3.59. The molecule has 29 heavy (non-hydrogen) atoms. The van der Waals surface area contributed by atoms with Crippen LogP contribution in [0.15, 0.2) is 30.7 Å². The van der Waals surface area contributed by atoms with Crippen molar-refractivity contribution in [3.63, 3.8) is 0 Å². The number of carboxylic acid groups (broad SMARTS) is 1. The fourth-order valence-corrected chi connectivity index (χ4v) is 3.59. The molecule has 0 amide bonds. The maximum absolute atomic E-state index is 14.1. The van der Waals surface area contributed by atoms with Gasteiger partial charge in [-0.05, 0) is 50.3 Å². The Morgan fingerprint density at radius 3 is 3.10 bits per heavy atom. The van der Waals surface area contributed by atoms with Gasteiger partial charge < -0.3 is 15.7 Å². The van der Waals surface area contributed by atoms with E-state index in [1.54, 1.807) is 6.07 Å². The number of pyridine rings is 1. The van der Waals surface area contributed by atoms with E-state index >= 15 is 0 Å². The average Bonchev–Trinajstić information content (AvgIpc) is 3.26. The first-order valence-corrected chi connectivity index (χ1v) is 9.44. The van der Waals surface area contributed by atoms with Gasteiger partial charge in [-0.15, -0.1) is 0 Å². The van der Waals surface area contributed by atoms with Crippen LogP contribution in [-0.2, 0) is 6.42 Å². The van der Waals surface area contributed by atoms with Gasteiger partial charge >= 0.3 is 5.97 Å². The third-order valence-electron chi connectivity index (χ3n) is 5.01. The molecule has 3 N–H and O–H groups in total. The lowest BCUT2D eigenvalue weighted by Gasteiger charge is -2.27. The second-order valence-corrected chi connectivity index (χ2v) is 7.21. The molecule has 3 aromatic heterocycles. The topological polar surface area (TPSA) is 110 Å². The van der Waals surface area contributed by atoms with Crippen molar-refractivity contribution in [1.29, 1.82) is 0 Å². The van der Waals surface area contributed by atoms with Gasteiger partial charge in [-0.25, -0.2) is 18.7 Å². The number of aromatic carboxylic acids is 1. The van der Waals surface area contributed by atoms with Crippen LogP contribution in [0.1, 0.15) is 56.6 Å². The summed E-state index contributed by atoms with van der Waals surface area (Å²) < 4.78 is 32.6. The minimum atomic E-state index is -1.76. The molecule has 4 heterocycles. The third-order valence-corrected chi connectivity index (χ3v) is 5.01. The van der Waals surface area contributed by atoms with Gasteiger partial charge in [0.15, 0.2) is 5.65 Å². The largest absolute Gasteiger partial charge is 0.477 e. The van der Waals surface area contributed by atoms with Gasteiger partial charge in [0.2, 0.25) is 0 Å². The summed E-state index contributed by atoms with van der Waals surface area (Å²) in [5, 5.41) is 13.4. The molecule has 9 heteroatoms. The Labute approximate surface area is 170 Å². The van der Waals surface area contributed by atoms with Crippen LogP contribution < -0.4 is 10.6 Å². The molecule has 0 spiro atoms. The van der Waals surface area contributed by atoms with Crippen molar-refractivity contribution in [3.8, 4) is 0 Å². The van der Waals surface area contributed by atoms with E-state index in [0.29, 0.717) is 30.5 Å². The number of nitrogens with two attached hydrogens (primary N) is 1. The first-order valence-electron chi connectivity index (χ1n) is 10.4. The highest BCUT2D eigenvalue weighted by molar-refractivity contribution is 5.94. The van der Waals surface area contributed by atoms with E-state index in [0.717, 1.165) is 6.20 Å². The summed E-state index contributed by atoms with van der Waals surface area (Å²) in [4.78, 5) is 21.6. The third kappa shape index (κ3) is 3.77. The summed E-state index contributed by atoms with van der Waals surface area (Å²) in [5.41, 5.74) is 7.17. The summed E-state index contributed by atoms with van der Waals surface area (Å²) in [6, 6.07) is 2.41. The van der Waals surface area contributed by atoms with Crippen molar-refractivity contribution in [2.24, 2.45) is 5.73 Å². The molecule has 0 radical (unpaired) electrons. The zero-order chi connectivity index (χ0) is 22.3. The molecule has 0 aliphatic carbocycles. The summed E-state index contributed by atoms with van der Waals surface area (Å²) in [5.74, 6) is -1.42. The zero-order valence-electron chi connectivity index (χ0n) is 17.9. The van der Waals surface area contributed by atoms with Gasteiger partial charge in [0, 0.05) is 27.2 Å². The van der Waals surface area contributed by atoms with E-state index in [1.807, 2.05) is 6.92 Å². The van der Waals surface area contributed by atoms with Crippen LogP contribution in [0.25, 0.3) is 5.65 Å². The predicted octanol–water partition coefficient (Wildman–Crippen LogP) is 2.58. The molecule has 0 saturated carbocycles. The standard InChI is InChI=1S/C20H23FN6O2/c1-12(22)4-5-16-14(9-13(21)10-23-16)17-3-2-7-26(17)18-6-8-27-19(25-18)15(11-24-27)20(28)29/h6,8-12,17H,2-5,7,22H2,1H3,(H,28,29)/t12-,17?/m1/s1/i7D2. The molecule has 1 unspecified atom stereocenters. The number of hydrogen-bond acceptors (Lipinski definition) is 6.